The highest BCUT2D eigenvalue weighted by Crippen LogP contribution is 2.20. The molecule has 2 rings (SSSR count). The minimum absolute atomic E-state index is 0.0706. The number of aryl methyl sites for hydroxylation is 1. The maximum atomic E-state index is 12.3. The minimum Gasteiger partial charge on any atom is -0.351 e. The molecule has 0 radical (unpaired) electrons. The van der Waals surface area contributed by atoms with Gasteiger partial charge in [-0.3, -0.25) is 4.79 Å². The van der Waals surface area contributed by atoms with Gasteiger partial charge in [-0.1, -0.05) is 17.7 Å². The quantitative estimate of drug-likeness (QED) is 0.555. The van der Waals surface area contributed by atoms with Crippen molar-refractivity contribution in [1.29, 1.82) is 0 Å². The zero-order valence-corrected chi connectivity index (χ0v) is 16.3. The smallest absolute Gasteiger partial charge is 0.251 e. The van der Waals surface area contributed by atoms with Crippen molar-refractivity contribution in [2.45, 2.75) is 16.7 Å². The highest BCUT2D eigenvalue weighted by atomic mass is 35.5. The van der Waals surface area contributed by atoms with Crippen LogP contribution in [0.25, 0.3) is 0 Å². The van der Waals surface area contributed by atoms with Crippen molar-refractivity contribution < 1.29 is 13.2 Å². The molecule has 2 N–H and O–H groups in total. The highest BCUT2D eigenvalue weighted by molar-refractivity contribution is 7.99. The molecule has 0 bridgehead atoms. The molecule has 0 aliphatic rings. The van der Waals surface area contributed by atoms with E-state index in [2.05, 4.69) is 10.0 Å². The summed E-state index contributed by atoms with van der Waals surface area (Å²) in [6, 6.07) is 12.0. The van der Waals surface area contributed by atoms with Gasteiger partial charge >= 0.3 is 0 Å². The number of nitrogens with one attached hydrogen (secondary N) is 2. The Morgan fingerprint density at radius 1 is 1.16 bits per heavy atom. The van der Waals surface area contributed by atoms with Gasteiger partial charge in [-0.2, -0.15) is 0 Å². The largest absolute Gasteiger partial charge is 0.351 e. The molecule has 0 aliphatic carbocycles. The first-order chi connectivity index (χ1) is 11.8. The fourth-order valence-corrected chi connectivity index (χ4v) is 3.74. The lowest BCUT2D eigenvalue weighted by Gasteiger charge is -2.10. The Kier molecular flexibility index (Phi) is 6.89. The number of rotatable bonds is 7. The van der Waals surface area contributed by atoms with E-state index >= 15 is 0 Å². The number of hydrogen-bond donors (Lipinski definition) is 2. The van der Waals surface area contributed by atoms with Crippen molar-refractivity contribution in [1.82, 2.24) is 10.0 Å². The normalized spacial score (nSPS) is 11.3. The molecule has 0 aromatic heterocycles. The zero-order chi connectivity index (χ0) is 18.4. The summed E-state index contributed by atoms with van der Waals surface area (Å²) < 4.78 is 26.0. The standard InChI is InChI=1S/C17H19ClN2O3S2/c1-12-3-8-15(25(22,23)19-2)11-16(12)17(21)20-9-10-24-14-6-4-13(18)5-7-14/h3-8,11,19H,9-10H2,1-2H3,(H,20,21). The van der Waals surface area contributed by atoms with E-state index in [1.807, 2.05) is 24.3 Å². The first-order valence-electron chi connectivity index (χ1n) is 7.54. The molecule has 0 atom stereocenters. The molecular formula is C17H19ClN2O3S2. The predicted octanol–water partition coefficient (Wildman–Crippen LogP) is 3.08. The maximum absolute atomic E-state index is 12.3. The number of thioether (sulfide) groups is 1. The summed E-state index contributed by atoms with van der Waals surface area (Å²) in [5.41, 5.74) is 1.07. The lowest BCUT2D eigenvalue weighted by Crippen LogP contribution is -2.27. The Labute approximate surface area is 157 Å². The summed E-state index contributed by atoms with van der Waals surface area (Å²) in [6.07, 6.45) is 0. The number of benzene rings is 2. The fraction of sp³-hybridized carbons (Fsp3) is 0.235. The molecule has 0 aliphatic heterocycles. The van der Waals surface area contributed by atoms with Gasteiger partial charge in [0.05, 0.1) is 4.90 Å². The van der Waals surface area contributed by atoms with Crippen LogP contribution >= 0.6 is 23.4 Å². The number of carbonyl (C=O) groups is 1. The molecule has 0 saturated heterocycles. The lowest BCUT2D eigenvalue weighted by atomic mass is 10.1. The van der Waals surface area contributed by atoms with E-state index in [1.165, 1.54) is 19.2 Å². The van der Waals surface area contributed by atoms with Crippen LogP contribution in [0.5, 0.6) is 0 Å². The van der Waals surface area contributed by atoms with E-state index in [1.54, 1.807) is 24.8 Å². The van der Waals surface area contributed by atoms with Crippen LogP contribution in [0.15, 0.2) is 52.3 Å². The van der Waals surface area contributed by atoms with Gasteiger partial charge in [-0.05, 0) is 55.9 Å². The summed E-state index contributed by atoms with van der Waals surface area (Å²) in [6.45, 7) is 2.24. The van der Waals surface area contributed by atoms with Crippen LogP contribution in [0.2, 0.25) is 5.02 Å². The molecule has 0 heterocycles. The van der Waals surface area contributed by atoms with E-state index in [-0.39, 0.29) is 10.8 Å². The molecule has 1 amide bonds. The van der Waals surface area contributed by atoms with Crippen molar-refractivity contribution in [2.75, 3.05) is 19.3 Å². The fourth-order valence-electron chi connectivity index (χ4n) is 2.09. The first-order valence-corrected chi connectivity index (χ1v) is 10.4. The summed E-state index contributed by atoms with van der Waals surface area (Å²) in [5.74, 6) is 0.406. The van der Waals surface area contributed by atoms with E-state index in [4.69, 9.17) is 11.6 Å². The summed E-state index contributed by atoms with van der Waals surface area (Å²) in [7, 11) is -2.24. The van der Waals surface area contributed by atoms with Crippen molar-refractivity contribution in [2.24, 2.45) is 0 Å². The predicted molar refractivity (Wildman–Crippen MR) is 102 cm³/mol. The third-order valence-corrected chi connectivity index (χ3v) is 6.18. The Morgan fingerprint density at radius 2 is 1.84 bits per heavy atom. The molecule has 0 spiro atoms. The summed E-state index contributed by atoms with van der Waals surface area (Å²) >= 11 is 7.44. The zero-order valence-electron chi connectivity index (χ0n) is 13.9. The third kappa shape index (κ3) is 5.47. The number of amides is 1. The van der Waals surface area contributed by atoms with Crippen LogP contribution in [0.4, 0.5) is 0 Å². The van der Waals surface area contributed by atoms with Gasteiger partial charge in [0.1, 0.15) is 0 Å². The minimum atomic E-state index is -3.58. The molecule has 134 valence electrons. The van der Waals surface area contributed by atoms with Crippen molar-refractivity contribution >= 4 is 39.3 Å². The second-order valence-electron chi connectivity index (χ2n) is 5.24. The van der Waals surface area contributed by atoms with Gasteiger partial charge in [0.2, 0.25) is 10.0 Å². The second-order valence-corrected chi connectivity index (χ2v) is 8.73. The molecule has 0 unspecified atom stereocenters. The van der Waals surface area contributed by atoms with Gasteiger partial charge in [0, 0.05) is 27.8 Å². The van der Waals surface area contributed by atoms with Gasteiger partial charge in [0.25, 0.3) is 5.91 Å². The average molecular weight is 399 g/mol. The Balaban J connectivity index is 1.96. The topological polar surface area (TPSA) is 75.3 Å². The summed E-state index contributed by atoms with van der Waals surface area (Å²) in [5, 5.41) is 3.50. The number of halogens is 1. The van der Waals surface area contributed by atoms with E-state index in [0.717, 1.165) is 10.5 Å². The van der Waals surface area contributed by atoms with Crippen LogP contribution in [0, 0.1) is 6.92 Å². The molecule has 0 saturated carbocycles. The van der Waals surface area contributed by atoms with Crippen LogP contribution in [0.3, 0.4) is 0 Å². The monoisotopic (exact) mass is 398 g/mol. The van der Waals surface area contributed by atoms with Crippen molar-refractivity contribution in [3.05, 3.63) is 58.6 Å². The van der Waals surface area contributed by atoms with E-state index < -0.39 is 10.0 Å². The van der Waals surface area contributed by atoms with E-state index in [0.29, 0.717) is 22.9 Å². The number of sulfonamides is 1. The van der Waals surface area contributed by atoms with Crippen LogP contribution in [-0.2, 0) is 10.0 Å². The molecular weight excluding hydrogens is 380 g/mol. The molecule has 2 aromatic rings. The molecule has 2 aromatic carbocycles. The second kappa shape index (κ2) is 8.71. The number of carbonyl (C=O) groups excluding carboxylic acids is 1. The SMILES string of the molecule is CNS(=O)(=O)c1ccc(C)c(C(=O)NCCSc2ccc(Cl)cc2)c1. The van der Waals surface area contributed by atoms with Crippen LogP contribution < -0.4 is 10.0 Å². The van der Waals surface area contributed by atoms with Crippen molar-refractivity contribution in [3.8, 4) is 0 Å². The van der Waals surface area contributed by atoms with Crippen molar-refractivity contribution in [3.63, 3.8) is 0 Å². The number of hydrogen-bond acceptors (Lipinski definition) is 4. The van der Waals surface area contributed by atoms with Crippen LogP contribution in [-0.4, -0.2) is 33.7 Å². The highest BCUT2D eigenvalue weighted by Gasteiger charge is 2.16. The van der Waals surface area contributed by atoms with Crippen LogP contribution in [0.1, 0.15) is 15.9 Å². The van der Waals surface area contributed by atoms with Gasteiger partial charge < -0.3 is 5.32 Å². The average Bonchev–Trinajstić information content (AvgIpc) is 2.60. The molecule has 0 fully saturated rings. The van der Waals surface area contributed by atoms with Gasteiger partial charge in [-0.15, -0.1) is 11.8 Å². The Morgan fingerprint density at radius 3 is 2.48 bits per heavy atom. The van der Waals surface area contributed by atoms with Gasteiger partial charge in [0.15, 0.2) is 0 Å². The molecule has 25 heavy (non-hydrogen) atoms. The summed E-state index contributed by atoms with van der Waals surface area (Å²) in [4.78, 5) is 13.5. The van der Waals surface area contributed by atoms with E-state index in [9.17, 15) is 13.2 Å². The lowest BCUT2D eigenvalue weighted by molar-refractivity contribution is 0.0955. The van der Waals surface area contributed by atoms with Gasteiger partial charge in [-0.25, -0.2) is 13.1 Å². The molecule has 5 nitrogen and oxygen atoms in total. The first kappa shape index (κ1) is 19.8. The third-order valence-electron chi connectivity index (χ3n) is 3.50. The molecule has 8 heteroatoms. The Bertz CT molecular complexity index is 853. The Hall–Kier alpha value is -1.54. The maximum Gasteiger partial charge on any atom is 0.251 e.